The van der Waals surface area contributed by atoms with Gasteiger partial charge in [-0.05, 0) is 25.1 Å². The van der Waals surface area contributed by atoms with Crippen LogP contribution in [0.15, 0.2) is 24.3 Å². The van der Waals surface area contributed by atoms with Crippen molar-refractivity contribution in [2.75, 3.05) is 41.7 Å². The van der Waals surface area contributed by atoms with Crippen LogP contribution in [-0.2, 0) is 0 Å². The van der Waals surface area contributed by atoms with Crippen LogP contribution in [0.25, 0.3) is 0 Å². The smallest absolute Gasteiger partial charge is 0.223 e. The van der Waals surface area contributed by atoms with Gasteiger partial charge in [-0.25, -0.2) is 9.37 Å². The molecule has 2 N–H and O–H groups in total. The van der Waals surface area contributed by atoms with Gasteiger partial charge in [-0.2, -0.15) is 4.98 Å². The number of aromatic nitrogens is 2. The molecule has 24 heavy (non-hydrogen) atoms. The van der Waals surface area contributed by atoms with Gasteiger partial charge >= 0.3 is 0 Å². The highest BCUT2D eigenvalue weighted by Gasteiger charge is 2.21. The number of nitrogens with two attached hydrogens (primary N) is 1. The number of nitrogen functional groups attached to an aromatic ring is 1. The Labute approximate surface area is 144 Å². The predicted molar refractivity (Wildman–Crippen MR) is 92.3 cm³/mol. The molecule has 1 aromatic heterocycles. The first-order valence-electron chi connectivity index (χ1n) is 7.54. The van der Waals surface area contributed by atoms with E-state index < -0.39 is 0 Å². The Morgan fingerprint density at radius 1 is 1.17 bits per heavy atom. The lowest BCUT2D eigenvalue weighted by atomic mass is 10.1. The van der Waals surface area contributed by atoms with Crippen LogP contribution in [-0.4, -0.2) is 41.9 Å². The molecule has 8 heteroatoms. The number of halogens is 2. The molecule has 0 aliphatic carbocycles. The van der Waals surface area contributed by atoms with Crippen LogP contribution in [0, 0.1) is 5.82 Å². The van der Waals surface area contributed by atoms with Gasteiger partial charge in [-0.3, -0.25) is 4.79 Å². The fourth-order valence-electron chi connectivity index (χ4n) is 2.74. The number of nitrogens with zero attached hydrogens (tertiary/aromatic N) is 4. The van der Waals surface area contributed by atoms with Crippen LogP contribution in [0.3, 0.4) is 0 Å². The van der Waals surface area contributed by atoms with E-state index in [1.54, 1.807) is 18.2 Å². The maximum Gasteiger partial charge on any atom is 0.223 e. The van der Waals surface area contributed by atoms with E-state index >= 15 is 0 Å². The van der Waals surface area contributed by atoms with Crippen molar-refractivity contribution in [3.8, 4) is 0 Å². The molecular weight excluding hydrogens is 333 g/mol. The topological polar surface area (TPSA) is 75.4 Å². The van der Waals surface area contributed by atoms with Crippen LogP contribution in [0.2, 0.25) is 5.15 Å². The minimum absolute atomic E-state index is 0.130. The monoisotopic (exact) mass is 349 g/mol. The molecular formula is C16H17ClFN5O. The van der Waals surface area contributed by atoms with E-state index in [1.807, 2.05) is 9.80 Å². The highest BCUT2D eigenvalue weighted by molar-refractivity contribution is 6.29. The Kier molecular flexibility index (Phi) is 4.53. The lowest BCUT2D eigenvalue weighted by Gasteiger charge is -2.36. The van der Waals surface area contributed by atoms with Crippen molar-refractivity contribution >= 4 is 34.8 Å². The van der Waals surface area contributed by atoms with Crippen molar-refractivity contribution < 1.29 is 9.18 Å². The molecule has 0 bridgehead atoms. The van der Waals surface area contributed by atoms with Gasteiger partial charge in [0, 0.05) is 37.8 Å². The molecule has 0 unspecified atom stereocenters. The van der Waals surface area contributed by atoms with E-state index in [-0.39, 0.29) is 17.5 Å². The highest BCUT2D eigenvalue weighted by atomic mass is 35.5. The molecule has 0 radical (unpaired) electrons. The Hall–Kier alpha value is -2.41. The maximum atomic E-state index is 14.3. The third-order valence-corrected chi connectivity index (χ3v) is 4.19. The zero-order valence-electron chi connectivity index (χ0n) is 13.2. The summed E-state index contributed by atoms with van der Waals surface area (Å²) >= 11 is 5.91. The van der Waals surface area contributed by atoms with Gasteiger partial charge in [0.15, 0.2) is 5.78 Å². The third kappa shape index (κ3) is 3.41. The van der Waals surface area contributed by atoms with Gasteiger partial charge in [-0.15, -0.1) is 0 Å². The van der Waals surface area contributed by atoms with Crippen LogP contribution in [0.5, 0.6) is 0 Å². The Morgan fingerprint density at radius 3 is 2.42 bits per heavy atom. The molecule has 0 saturated carbocycles. The third-order valence-electron chi connectivity index (χ3n) is 4.00. The minimum atomic E-state index is -0.384. The number of Topliss-reactive ketones (excluding diaryl/α,β-unsaturated/α-hetero) is 1. The first-order valence-corrected chi connectivity index (χ1v) is 7.92. The molecule has 1 aliphatic rings. The molecule has 1 saturated heterocycles. The fraction of sp³-hybridized carbons (Fsp3) is 0.312. The maximum absolute atomic E-state index is 14.3. The number of benzene rings is 1. The fourth-order valence-corrected chi connectivity index (χ4v) is 2.93. The van der Waals surface area contributed by atoms with Crippen molar-refractivity contribution in [2.45, 2.75) is 6.92 Å². The standard InChI is InChI=1S/C16H17ClFN5O/c1-10(24)11-2-3-13(12(18)8-11)22-4-6-23(7-5-22)15-9-14(17)20-16(19)21-15/h2-3,8-9H,4-7H2,1H3,(H2,19,20,21). The summed E-state index contributed by atoms with van der Waals surface area (Å²) < 4.78 is 14.3. The van der Waals surface area contributed by atoms with Crippen molar-refractivity contribution in [3.05, 3.63) is 40.8 Å². The van der Waals surface area contributed by atoms with Crippen molar-refractivity contribution in [2.24, 2.45) is 0 Å². The average Bonchev–Trinajstić information content (AvgIpc) is 2.54. The molecule has 0 spiro atoms. The normalized spacial score (nSPS) is 14.8. The van der Waals surface area contributed by atoms with E-state index in [9.17, 15) is 9.18 Å². The van der Waals surface area contributed by atoms with Gasteiger partial charge in [-0.1, -0.05) is 11.6 Å². The van der Waals surface area contributed by atoms with Crippen LogP contribution < -0.4 is 15.5 Å². The van der Waals surface area contributed by atoms with Gasteiger partial charge in [0.05, 0.1) is 5.69 Å². The Balaban J connectivity index is 1.72. The van der Waals surface area contributed by atoms with Crippen LogP contribution >= 0.6 is 11.6 Å². The molecule has 3 rings (SSSR count). The van der Waals surface area contributed by atoms with Gasteiger partial charge in [0.25, 0.3) is 0 Å². The second-order valence-corrected chi connectivity index (χ2v) is 5.99. The Bertz CT molecular complexity index is 757. The van der Waals surface area contributed by atoms with E-state index in [1.165, 1.54) is 13.0 Å². The van der Waals surface area contributed by atoms with Crippen LogP contribution in [0.4, 0.5) is 21.8 Å². The summed E-state index contributed by atoms with van der Waals surface area (Å²) in [5, 5.41) is 0.297. The molecule has 1 aromatic carbocycles. The SMILES string of the molecule is CC(=O)c1ccc(N2CCN(c3cc(Cl)nc(N)n3)CC2)c(F)c1. The second kappa shape index (κ2) is 6.60. The van der Waals surface area contributed by atoms with E-state index in [4.69, 9.17) is 17.3 Å². The highest BCUT2D eigenvalue weighted by Crippen LogP contribution is 2.24. The quantitative estimate of drug-likeness (QED) is 0.677. The second-order valence-electron chi connectivity index (χ2n) is 5.60. The molecule has 126 valence electrons. The van der Waals surface area contributed by atoms with E-state index in [2.05, 4.69) is 9.97 Å². The molecule has 6 nitrogen and oxygen atoms in total. The van der Waals surface area contributed by atoms with Crippen LogP contribution in [0.1, 0.15) is 17.3 Å². The largest absolute Gasteiger partial charge is 0.368 e. The number of hydrogen-bond acceptors (Lipinski definition) is 6. The van der Waals surface area contributed by atoms with Crippen molar-refractivity contribution in [1.82, 2.24) is 9.97 Å². The summed E-state index contributed by atoms with van der Waals surface area (Å²) in [6.45, 7) is 3.98. The van der Waals surface area contributed by atoms with Crippen molar-refractivity contribution in [1.29, 1.82) is 0 Å². The minimum Gasteiger partial charge on any atom is -0.368 e. The first kappa shape index (κ1) is 16.4. The van der Waals surface area contributed by atoms with Gasteiger partial charge < -0.3 is 15.5 Å². The van der Waals surface area contributed by atoms with Crippen molar-refractivity contribution in [3.63, 3.8) is 0 Å². The number of anilines is 3. The summed E-state index contributed by atoms with van der Waals surface area (Å²) in [6.07, 6.45) is 0. The number of ketones is 1. The summed E-state index contributed by atoms with van der Waals surface area (Å²) in [6, 6.07) is 6.25. The molecule has 1 fully saturated rings. The molecule has 0 atom stereocenters. The van der Waals surface area contributed by atoms with E-state index in [0.29, 0.717) is 48.4 Å². The Morgan fingerprint density at radius 2 is 1.83 bits per heavy atom. The zero-order chi connectivity index (χ0) is 17.3. The zero-order valence-corrected chi connectivity index (χ0v) is 13.9. The molecule has 1 aliphatic heterocycles. The first-order chi connectivity index (χ1) is 11.4. The van der Waals surface area contributed by atoms with E-state index in [0.717, 1.165) is 0 Å². The molecule has 2 aromatic rings. The lowest BCUT2D eigenvalue weighted by Crippen LogP contribution is -2.47. The number of carbonyl (C=O) groups is 1. The summed E-state index contributed by atoms with van der Waals surface area (Å²) in [4.78, 5) is 23.3. The molecule has 2 heterocycles. The lowest BCUT2D eigenvalue weighted by molar-refractivity contribution is 0.101. The summed E-state index contributed by atoms with van der Waals surface area (Å²) in [7, 11) is 0. The summed E-state index contributed by atoms with van der Waals surface area (Å²) in [5.74, 6) is 0.263. The predicted octanol–water partition coefficient (Wildman–Crippen LogP) is 2.38. The number of carbonyl (C=O) groups excluding carboxylic acids is 1. The number of rotatable bonds is 3. The average molecular weight is 350 g/mol. The van der Waals surface area contributed by atoms with Gasteiger partial charge in [0.2, 0.25) is 5.95 Å². The molecule has 0 amide bonds. The van der Waals surface area contributed by atoms with Gasteiger partial charge in [0.1, 0.15) is 16.8 Å². The summed E-state index contributed by atoms with van der Waals surface area (Å²) in [5.41, 5.74) is 6.50. The number of piperazine rings is 1. The number of hydrogen-bond donors (Lipinski definition) is 1.